The molecule has 1 aromatic rings. The largest absolute Gasteiger partial charge is 0.392 e. The van der Waals surface area contributed by atoms with Crippen LogP contribution in [0.15, 0.2) is 12.3 Å². The zero-order valence-corrected chi connectivity index (χ0v) is 10.3. The van der Waals surface area contributed by atoms with E-state index >= 15 is 0 Å². The molecule has 1 N–H and O–H groups in total. The average molecular weight is 222 g/mol. The molecule has 0 amide bonds. The Morgan fingerprint density at radius 2 is 2.12 bits per heavy atom. The zero-order valence-electron chi connectivity index (χ0n) is 10.3. The molecule has 3 heteroatoms. The van der Waals surface area contributed by atoms with Gasteiger partial charge in [0.15, 0.2) is 0 Å². The maximum atomic E-state index is 10.2. The van der Waals surface area contributed by atoms with Crippen molar-refractivity contribution in [2.24, 2.45) is 18.9 Å². The second-order valence-corrected chi connectivity index (χ2v) is 5.27. The fraction of sp³-hybridized carbons (Fsp3) is 0.769. The second-order valence-electron chi connectivity index (χ2n) is 5.27. The lowest BCUT2D eigenvalue weighted by Gasteiger charge is -2.29. The molecule has 0 radical (unpaired) electrons. The van der Waals surface area contributed by atoms with Gasteiger partial charge in [0.1, 0.15) is 0 Å². The van der Waals surface area contributed by atoms with E-state index in [-0.39, 0.29) is 6.10 Å². The molecule has 0 spiro atoms. The third-order valence-corrected chi connectivity index (χ3v) is 3.79. The summed E-state index contributed by atoms with van der Waals surface area (Å²) >= 11 is 0. The van der Waals surface area contributed by atoms with Crippen LogP contribution in [0, 0.1) is 11.8 Å². The summed E-state index contributed by atoms with van der Waals surface area (Å²) in [5.41, 5.74) is 1.01. The molecule has 0 bridgehead atoms. The monoisotopic (exact) mass is 222 g/mol. The van der Waals surface area contributed by atoms with E-state index in [1.54, 1.807) is 4.68 Å². The van der Waals surface area contributed by atoms with E-state index in [2.05, 4.69) is 12.0 Å². The van der Waals surface area contributed by atoms with Crippen molar-refractivity contribution < 1.29 is 5.11 Å². The lowest BCUT2D eigenvalue weighted by atomic mass is 9.79. The highest BCUT2D eigenvalue weighted by Crippen LogP contribution is 2.31. The number of nitrogens with zero attached hydrogens (tertiary/aromatic N) is 2. The first-order chi connectivity index (χ1) is 7.65. The number of aliphatic hydroxyl groups is 1. The predicted octanol–water partition coefficient (Wildman–Crippen LogP) is 2.15. The highest BCUT2D eigenvalue weighted by molar-refractivity contribution is 5.01. The van der Waals surface area contributed by atoms with Crippen molar-refractivity contribution in [1.29, 1.82) is 0 Å². The van der Waals surface area contributed by atoms with Gasteiger partial charge in [0.25, 0.3) is 0 Å². The van der Waals surface area contributed by atoms with E-state index in [1.807, 2.05) is 19.3 Å². The molecule has 3 nitrogen and oxygen atoms in total. The van der Waals surface area contributed by atoms with Gasteiger partial charge in [-0.3, -0.25) is 4.68 Å². The second kappa shape index (κ2) is 5.00. The van der Waals surface area contributed by atoms with Crippen LogP contribution in [-0.2, 0) is 13.5 Å². The normalized spacial score (nSPS) is 27.9. The average Bonchev–Trinajstić information content (AvgIpc) is 2.65. The Hall–Kier alpha value is -0.830. The minimum absolute atomic E-state index is 0.206. The van der Waals surface area contributed by atoms with Crippen molar-refractivity contribution in [1.82, 2.24) is 9.78 Å². The summed E-state index contributed by atoms with van der Waals surface area (Å²) in [6, 6.07) is 1.99. The SMILES string of the molecule is CC1CCC(C(O)Cc2ccn(C)n2)CC1. The van der Waals surface area contributed by atoms with Crippen molar-refractivity contribution in [3.05, 3.63) is 18.0 Å². The van der Waals surface area contributed by atoms with Crippen LogP contribution in [0.1, 0.15) is 38.3 Å². The molecule has 90 valence electrons. The Morgan fingerprint density at radius 1 is 1.44 bits per heavy atom. The third-order valence-electron chi connectivity index (χ3n) is 3.79. The summed E-state index contributed by atoms with van der Waals surface area (Å²) in [7, 11) is 1.91. The van der Waals surface area contributed by atoms with E-state index in [0.29, 0.717) is 12.3 Å². The van der Waals surface area contributed by atoms with Crippen molar-refractivity contribution >= 4 is 0 Å². The summed E-state index contributed by atoms with van der Waals surface area (Å²) in [4.78, 5) is 0. The van der Waals surface area contributed by atoms with Gasteiger partial charge in [-0.2, -0.15) is 5.10 Å². The Balaban J connectivity index is 1.85. The van der Waals surface area contributed by atoms with Crippen LogP contribution >= 0.6 is 0 Å². The van der Waals surface area contributed by atoms with Gasteiger partial charge >= 0.3 is 0 Å². The molecular formula is C13H22N2O. The van der Waals surface area contributed by atoms with Gasteiger partial charge in [0, 0.05) is 19.7 Å². The quantitative estimate of drug-likeness (QED) is 0.851. The van der Waals surface area contributed by atoms with Crippen LogP contribution in [0.4, 0.5) is 0 Å². The van der Waals surface area contributed by atoms with Gasteiger partial charge in [-0.1, -0.05) is 19.8 Å². The topological polar surface area (TPSA) is 38.0 Å². The molecule has 0 saturated heterocycles. The minimum Gasteiger partial charge on any atom is -0.392 e. The number of aromatic nitrogens is 2. The standard InChI is InChI=1S/C13H22N2O/c1-10-3-5-11(6-4-10)13(16)9-12-7-8-15(2)14-12/h7-8,10-11,13,16H,3-6,9H2,1-2H3. The van der Waals surface area contributed by atoms with Crippen molar-refractivity contribution in [3.63, 3.8) is 0 Å². The first-order valence-electron chi connectivity index (χ1n) is 6.31. The smallest absolute Gasteiger partial charge is 0.0650 e. The fourth-order valence-corrected chi connectivity index (χ4v) is 2.62. The molecular weight excluding hydrogens is 200 g/mol. The van der Waals surface area contributed by atoms with E-state index in [9.17, 15) is 5.11 Å². The minimum atomic E-state index is -0.206. The lowest BCUT2D eigenvalue weighted by Crippen LogP contribution is -2.27. The first-order valence-corrected chi connectivity index (χ1v) is 6.31. The van der Waals surface area contributed by atoms with Crippen molar-refractivity contribution in [2.45, 2.75) is 45.1 Å². The summed E-state index contributed by atoms with van der Waals surface area (Å²) in [5.74, 6) is 1.33. The maximum absolute atomic E-state index is 10.2. The van der Waals surface area contributed by atoms with E-state index in [4.69, 9.17) is 0 Å². The van der Waals surface area contributed by atoms with Gasteiger partial charge in [-0.05, 0) is 30.7 Å². The van der Waals surface area contributed by atoms with Crippen LogP contribution in [0.3, 0.4) is 0 Å². The number of aryl methyl sites for hydroxylation is 1. The van der Waals surface area contributed by atoms with Crippen LogP contribution in [0.25, 0.3) is 0 Å². The molecule has 1 unspecified atom stereocenters. The van der Waals surface area contributed by atoms with Crippen LogP contribution < -0.4 is 0 Å². The lowest BCUT2D eigenvalue weighted by molar-refractivity contribution is 0.0752. The predicted molar refractivity (Wildman–Crippen MR) is 64.0 cm³/mol. The molecule has 1 aromatic heterocycles. The summed E-state index contributed by atoms with van der Waals surface area (Å²) in [6.45, 7) is 2.31. The molecule has 1 atom stereocenters. The molecule has 1 heterocycles. The highest BCUT2D eigenvalue weighted by atomic mass is 16.3. The molecule has 1 aliphatic rings. The summed E-state index contributed by atoms with van der Waals surface area (Å²) < 4.78 is 1.80. The van der Waals surface area contributed by atoms with Gasteiger partial charge in [0.05, 0.1) is 11.8 Å². The van der Waals surface area contributed by atoms with E-state index in [0.717, 1.165) is 11.6 Å². The number of hydrogen-bond donors (Lipinski definition) is 1. The number of rotatable bonds is 3. The Morgan fingerprint density at radius 3 is 2.69 bits per heavy atom. The highest BCUT2D eigenvalue weighted by Gasteiger charge is 2.25. The molecule has 0 aromatic carbocycles. The van der Waals surface area contributed by atoms with Crippen LogP contribution in [0.5, 0.6) is 0 Å². The molecule has 2 rings (SSSR count). The van der Waals surface area contributed by atoms with Gasteiger partial charge in [0.2, 0.25) is 0 Å². The van der Waals surface area contributed by atoms with E-state index < -0.39 is 0 Å². The van der Waals surface area contributed by atoms with Crippen LogP contribution in [-0.4, -0.2) is 21.0 Å². The third kappa shape index (κ3) is 2.85. The molecule has 16 heavy (non-hydrogen) atoms. The molecule has 1 fully saturated rings. The molecule has 1 saturated carbocycles. The van der Waals surface area contributed by atoms with E-state index in [1.165, 1.54) is 25.7 Å². The van der Waals surface area contributed by atoms with Crippen LogP contribution in [0.2, 0.25) is 0 Å². The Bertz CT molecular complexity index is 326. The first kappa shape index (κ1) is 11.6. The molecule has 1 aliphatic carbocycles. The number of aliphatic hydroxyl groups excluding tert-OH is 1. The van der Waals surface area contributed by atoms with Crippen molar-refractivity contribution in [3.8, 4) is 0 Å². The van der Waals surface area contributed by atoms with Gasteiger partial charge < -0.3 is 5.11 Å². The summed E-state index contributed by atoms with van der Waals surface area (Å²) in [5, 5.41) is 14.5. The Kier molecular flexibility index (Phi) is 3.64. The maximum Gasteiger partial charge on any atom is 0.0650 e. The number of hydrogen-bond acceptors (Lipinski definition) is 2. The Labute approximate surface area is 97.5 Å². The molecule has 0 aliphatic heterocycles. The zero-order chi connectivity index (χ0) is 11.5. The van der Waals surface area contributed by atoms with Gasteiger partial charge in [-0.15, -0.1) is 0 Å². The van der Waals surface area contributed by atoms with Crippen molar-refractivity contribution in [2.75, 3.05) is 0 Å². The fourth-order valence-electron chi connectivity index (χ4n) is 2.62. The van der Waals surface area contributed by atoms with Gasteiger partial charge in [-0.25, -0.2) is 0 Å². The summed E-state index contributed by atoms with van der Waals surface area (Å²) in [6.07, 6.45) is 7.32.